The van der Waals surface area contributed by atoms with E-state index in [-0.39, 0.29) is 11.7 Å². The largest absolute Gasteiger partial charge is 0.481 e. The summed E-state index contributed by atoms with van der Waals surface area (Å²) in [6.45, 7) is 6.66. The Bertz CT molecular complexity index is 761. The molecule has 1 aliphatic heterocycles. The molecule has 0 saturated carbocycles. The summed E-state index contributed by atoms with van der Waals surface area (Å²) in [6, 6.07) is 13.9. The highest BCUT2D eigenvalue weighted by Gasteiger charge is 2.18. The summed E-state index contributed by atoms with van der Waals surface area (Å²) in [5.41, 5.74) is 2.28. The maximum Gasteiger partial charge on any atom is 0.261 e. The summed E-state index contributed by atoms with van der Waals surface area (Å²) in [4.78, 5) is 14.9. The number of carbonyl (C=O) groups excluding carboxylic acids is 1. The maximum atomic E-state index is 13.0. The van der Waals surface area contributed by atoms with E-state index in [1.807, 2.05) is 19.1 Å². The molecule has 2 aromatic carbocycles. The number of halogens is 1. The number of hydrogen-bond donors (Lipinski definition) is 1. The van der Waals surface area contributed by atoms with Crippen LogP contribution in [-0.4, -0.2) is 43.2 Å². The lowest BCUT2D eigenvalue weighted by Crippen LogP contribution is -2.37. The minimum atomic E-state index is -0.609. The van der Waals surface area contributed by atoms with Gasteiger partial charge in [-0.2, -0.15) is 0 Å². The van der Waals surface area contributed by atoms with Crippen molar-refractivity contribution in [3.05, 3.63) is 65.5 Å². The summed E-state index contributed by atoms with van der Waals surface area (Å²) >= 11 is 0. The van der Waals surface area contributed by atoms with Gasteiger partial charge in [-0.1, -0.05) is 31.2 Å². The van der Waals surface area contributed by atoms with Crippen LogP contribution >= 0.6 is 0 Å². The van der Waals surface area contributed by atoms with Gasteiger partial charge in [-0.15, -0.1) is 0 Å². The van der Waals surface area contributed by atoms with E-state index < -0.39 is 6.10 Å². The molecule has 0 radical (unpaired) electrons. The second kappa shape index (κ2) is 10.2. The molecule has 150 valence electrons. The van der Waals surface area contributed by atoms with Crippen LogP contribution in [0.4, 0.5) is 4.39 Å². The predicted octanol–water partition coefficient (Wildman–Crippen LogP) is 3.13. The molecule has 1 saturated heterocycles. The number of carbonyl (C=O) groups is 1. The van der Waals surface area contributed by atoms with Gasteiger partial charge in [-0.25, -0.2) is 4.39 Å². The van der Waals surface area contributed by atoms with E-state index >= 15 is 0 Å². The van der Waals surface area contributed by atoms with E-state index in [4.69, 9.17) is 9.47 Å². The molecule has 5 nitrogen and oxygen atoms in total. The minimum Gasteiger partial charge on any atom is -0.481 e. The molecule has 0 aliphatic carbocycles. The summed E-state index contributed by atoms with van der Waals surface area (Å²) < 4.78 is 24.1. The Morgan fingerprint density at radius 1 is 1.18 bits per heavy atom. The van der Waals surface area contributed by atoms with Crippen molar-refractivity contribution in [3.63, 3.8) is 0 Å². The van der Waals surface area contributed by atoms with Crippen LogP contribution in [0.3, 0.4) is 0 Å². The summed E-state index contributed by atoms with van der Waals surface area (Å²) in [7, 11) is 0. The van der Waals surface area contributed by atoms with Gasteiger partial charge in [0.2, 0.25) is 0 Å². The fourth-order valence-electron chi connectivity index (χ4n) is 3.16. The number of ether oxygens (including phenoxy) is 2. The summed E-state index contributed by atoms with van der Waals surface area (Å²) in [5.74, 6) is -0.0249. The maximum absolute atomic E-state index is 13.0. The lowest BCUT2D eigenvalue weighted by molar-refractivity contribution is -0.128. The van der Waals surface area contributed by atoms with Gasteiger partial charge in [0.25, 0.3) is 5.91 Å². The first-order valence-corrected chi connectivity index (χ1v) is 9.72. The average molecular weight is 386 g/mol. The van der Waals surface area contributed by atoms with Crippen molar-refractivity contribution in [2.24, 2.45) is 0 Å². The fourth-order valence-corrected chi connectivity index (χ4v) is 3.16. The zero-order valence-corrected chi connectivity index (χ0v) is 16.2. The fraction of sp³-hybridized carbons (Fsp3) is 0.409. The Morgan fingerprint density at radius 3 is 2.61 bits per heavy atom. The molecule has 1 amide bonds. The Kier molecular flexibility index (Phi) is 7.39. The number of amides is 1. The van der Waals surface area contributed by atoms with Crippen molar-refractivity contribution in [1.82, 2.24) is 10.2 Å². The first-order valence-electron chi connectivity index (χ1n) is 9.72. The third-order valence-corrected chi connectivity index (χ3v) is 4.72. The average Bonchev–Trinajstić information content (AvgIpc) is 2.72. The van der Waals surface area contributed by atoms with Crippen molar-refractivity contribution in [1.29, 1.82) is 0 Å². The van der Waals surface area contributed by atoms with Gasteiger partial charge >= 0.3 is 0 Å². The monoisotopic (exact) mass is 386 g/mol. The molecule has 1 aliphatic rings. The van der Waals surface area contributed by atoms with Crippen LogP contribution in [0.25, 0.3) is 0 Å². The third-order valence-electron chi connectivity index (χ3n) is 4.72. The van der Waals surface area contributed by atoms with E-state index in [1.54, 1.807) is 0 Å². The molecule has 0 unspecified atom stereocenters. The van der Waals surface area contributed by atoms with Crippen LogP contribution in [0.5, 0.6) is 5.75 Å². The summed E-state index contributed by atoms with van der Waals surface area (Å²) in [6.07, 6.45) is -0.0812. The van der Waals surface area contributed by atoms with Crippen LogP contribution in [0, 0.1) is 5.82 Å². The molecule has 1 heterocycles. The molecule has 1 atom stereocenters. The number of rotatable bonds is 8. The lowest BCUT2D eigenvalue weighted by atomic mass is 10.1. The quantitative estimate of drug-likeness (QED) is 0.757. The highest BCUT2D eigenvalue weighted by molar-refractivity contribution is 5.81. The van der Waals surface area contributed by atoms with Gasteiger partial charge < -0.3 is 14.8 Å². The van der Waals surface area contributed by atoms with Crippen molar-refractivity contribution in [3.8, 4) is 5.75 Å². The van der Waals surface area contributed by atoms with Gasteiger partial charge in [0.1, 0.15) is 11.6 Å². The minimum absolute atomic E-state index is 0.176. The molecule has 0 bridgehead atoms. The second-order valence-electron chi connectivity index (χ2n) is 6.89. The van der Waals surface area contributed by atoms with Crippen LogP contribution < -0.4 is 10.1 Å². The van der Waals surface area contributed by atoms with Crippen LogP contribution in [0.1, 0.15) is 24.5 Å². The molecule has 3 rings (SSSR count). The highest BCUT2D eigenvalue weighted by Crippen LogP contribution is 2.15. The molecular weight excluding hydrogens is 359 g/mol. The molecule has 6 heteroatoms. The van der Waals surface area contributed by atoms with Crippen molar-refractivity contribution in [2.75, 3.05) is 26.3 Å². The van der Waals surface area contributed by atoms with E-state index in [1.165, 1.54) is 29.8 Å². The first kappa shape index (κ1) is 20.3. The number of morpholine rings is 1. The molecule has 1 N–H and O–H groups in total. The number of hydrogen-bond acceptors (Lipinski definition) is 4. The topological polar surface area (TPSA) is 50.8 Å². The third kappa shape index (κ3) is 6.04. The molecule has 0 aromatic heterocycles. The van der Waals surface area contributed by atoms with E-state index in [0.29, 0.717) is 18.7 Å². The van der Waals surface area contributed by atoms with Crippen LogP contribution in [0.15, 0.2) is 48.5 Å². The lowest BCUT2D eigenvalue weighted by Gasteiger charge is -2.26. The first-order chi connectivity index (χ1) is 13.6. The van der Waals surface area contributed by atoms with E-state index in [9.17, 15) is 9.18 Å². The number of benzene rings is 2. The van der Waals surface area contributed by atoms with Crippen LogP contribution in [-0.2, 0) is 22.6 Å². The van der Waals surface area contributed by atoms with Gasteiger partial charge in [-0.05, 0) is 41.8 Å². The molecule has 2 aromatic rings. The van der Waals surface area contributed by atoms with E-state index in [2.05, 4.69) is 22.3 Å². The Labute approximate surface area is 165 Å². The zero-order chi connectivity index (χ0) is 19.8. The number of nitrogens with one attached hydrogen (secondary N) is 1. The van der Waals surface area contributed by atoms with Crippen molar-refractivity contribution >= 4 is 5.91 Å². The Hall–Kier alpha value is -2.44. The molecular formula is C22H27FN2O3. The van der Waals surface area contributed by atoms with Gasteiger partial charge in [0.05, 0.1) is 13.2 Å². The molecule has 28 heavy (non-hydrogen) atoms. The van der Waals surface area contributed by atoms with Crippen molar-refractivity contribution in [2.45, 2.75) is 32.5 Å². The van der Waals surface area contributed by atoms with E-state index in [0.717, 1.165) is 38.4 Å². The zero-order valence-electron chi connectivity index (χ0n) is 16.2. The van der Waals surface area contributed by atoms with Gasteiger partial charge in [0, 0.05) is 26.2 Å². The predicted molar refractivity (Wildman–Crippen MR) is 105 cm³/mol. The standard InChI is InChI=1S/C22H27FN2O3/c1-2-21(28-20-8-6-19(23)7-9-20)22(26)24-15-17-4-3-5-18(14-17)16-25-10-12-27-13-11-25/h3-9,14,21H,2,10-13,15-16H2,1H3,(H,24,26)/t21-/m1/s1. The SMILES string of the molecule is CC[C@@H](Oc1ccc(F)cc1)C(=O)NCc1cccc(CN2CCOCC2)c1. The normalized spacial score (nSPS) is 15.8. The summed E-state index contributed by atoms with van der Waals surface area (Å²) in [5, 5.41) is 2.94. The second-order valence-corrected chi connectivity index (χ2v) is 6.89. The Balaban J connectivity index is 1.52. The smallest absolute Gasteiger partial charge is 0.261 e. The highest BCUT2D eigenvalue weighted by atomic mass is 19.1. The molecule has 0 spiro atoms. The molecule has 1 fully saturated rings. The number of nitrogens with zero attached hydrogens (tertiary/aromatic N) is 1. The Morgan fingerprint density at radius 2 is 1.89 bits per heavy atom. The van der Waals surface area contributed by atoms with Crippen LogP contribution in [0.2, 0.25) is 0 Å². The van der Waals surface area contributed by atoms with Crippen molar-refractivity contribution < 1.29 is 18.7 Å². The van der Waals surface area contributed by atoms with Gasteiger partial charge in [-0.3, -0.25) is 9.69 Å². The van der Waals surface area contributed by atoms with Gasteiger partial charge in [0.15, 0.2) is 6.10 Å².